The monoisotopic (exact) mass is 386 g/mol. The number of nitrogens with zero attached hydrogens (tertiary/aromatic N) is 1. The molecule has 25 heavy (non-hydrogen) atoms. The molecule has 1 fully saturated rings. The van der Waals surface area contributed by atoms with Gasteiger partial charge in [-0.05, 0) is 23.8 Å². The van der Waals surface area contributed by atoms with Gasteiger partial charge in [-0.2, -0.15) is 0 Å². The number of nitrogens with one attached hydrogen (secondary N) is 1. The Hall–Kier alpha value is -1.82. The van der Waals surface area contributed by atoms with E-state index in [0.717, 1.165) is 37.4 Å². The fourth-order valence-electron chi connectivity index (χ4n) is 2.59. The number of hydrogen-bond donors (Lipinski definition) is 1. The minimum absolute atomic E-state index is 0. The summed E-state index contributed by atoms with van der Waals surface area (Å²) in [6.45, 7) is 3.55. The Morgan fingerprint density at radius 3 is 2.40 bits per heavy atom. The maximum Gasteiger partial charge on any atom is 0.341 e. The maximum absolute atomic E-state index is 14.2. The first-order valence-corrected chi connectivity index (χ1v) is 7.70. The fraction of sp³-hybridized carbons (Fsp3) is 0.278. The molecule has 1 heterocycles. The molecule has 0 atom stereocenters. The first-order valence-electron chi connectivity index (χ1n) is 7.70. The molecule has 0 saturated carbocycles. The molecule has 1 saturated heterocycles. The maximum atomic E-state index is 14.2. The van der Waals surface area contributed by atoms with E-state index in [1.165, 1.54) is 12.1 Å². The number of piperazine rings is 1. The lowest BCUT2D eigenvalue weighted by atomic mass is 10.1. The van der Waals surface area contributed by atoms with Gasteiger partial charge in [0, 0.05) is 31.9 Å². The summed E-state index contributed by atoms with van der Waals surface area (Å²) >= 11 is 0. The number of benzene rings is 2. The van der Waals surface area contributed by atoms with Gasteiger partial charge >= 0.3 is 5.97 Å². The van der Waals surface area contributed by atoms with Crippen molar-refractivity contribution in [1.82, 2.24) is 5.32 Å². The smallest absolute Gasteiger partial charge is 0.341 e. The second-order valence-electron chi connectivity index (χ2n) is 5.46. The Balaban J connectivity index is 0.00000156. The van der Waals surface area contributed by atoms with Crippen LogP contribution in [0.1, 0.15) is 15.9 Å². The zero-order valence-corrected chi connectivity index (χ0v) is 15.2. The van der Waals surface area contributed by atoms with E-state index in [9.17, 15) is 9.18 Å². The van der Waals surface area contributed by atoms with Gasteiger partial charge in [0.05, 0.1) is 5.56 Å². The van der Waals surface area contributed by atoms with Crippen LogP contribution in [0.25, 0.3) is 0 Å². The lowest BCUT2D eigenvalue weighted by Gasteiger charge is -2.29. The lowest BCUT2D eigenvalue weighted by molar-refractivity contribution is 0.0467. The number of anilines is 1. The van der Waals surface area contributed by atoms with Crippen molar-refractivity contribution in [1.29, 1.82) is 0 Å². The number of rotatable bonds is 4. The van der Waals surface area contributed by atoms with Crippen LogP contribution >= 0.6 is 24.8 Å². The summed E-state index contributed by atoms with van der Waals surface area (Å²) in [5, 5.41) is 3.25. The van der Waals surface area contributed by atoms with Crippen molar-refractivity contribution in [2.24, 2.45) is 0 Å². The summed E-state index contributed by atoms with van der Waals surface area (Å²) in [5.74, 6) is -1.18. The van der Waals surface area contributed by atoms with Crippen LogP contribution in [-0.2, 0) is 11.3 Å². The highest BCUT2D eigenvalue weighted by Gasteiger charge is 2.17. The van der Waals surface area contributed by atoms with Gasteiger partial charge < -0.3 is 15.0 Å². The molecule has 3 rings (SSSR count). The van der Waals surface area contributed by atoms with Gasteiger partial charge in [-0.25, -0.2) is 9.18 Å². The van der Waals surface area contributed by atoms with Crippen molar-refractivity contribution in [3.05, 3.63) is 65.5 Å². The highest BCUT2D eigenvalue weighted by molar-refractivity contribution is 5.90. The van der Waals surface area contributed by atoms with Gasteiger partial charge in [-0.3, -0.25) is 0 Å². The highest BCUT2D eigenvalue weighted by atomic mass is 35.5. The molecule has 0 aliphatic carbocycles. The molecular weight excluding hydrogens is 366 g/mol. The number of carbonyl (C=O) groups excluding carboxylic acids is 1. The van der Waals surface area contributed by atoms with E-state index in [1.54, 1.807) is 6.07 Å². The van der Waals surface area contributed by atoms with Gasteiger partial charge in [0.2, 0.25) is 0 Å². The third-order valence-electron chi connectivity index (χ3n) is 3.87. The Kier molecular flexibility index (Phi) is 8.69. The Morgan fingerprint density at radius 2 is 1.76 bits per heavy atom. The van der Waals surface area contributed by atoms with Crippen molar-refractivity contribution in [2.75, 3.05) is 31.1 Å². The van der Waals surface area contributed by atoms with Crippen molar-refractivity contribution in [3.8, 4) is 0 Å². The highest BCUT2D eigenvalue weighted by Crippen LogP contribution is 2.20. The zero-order valence-electron chi connectivity index (χ0n) is 13.6. The molecule has 1 N–H and O–H groups in total. The second-order valence-corrected chi connectivity index (χ2v) is 5.46. The predicted molar refractivity (Wildman–Crippen MR) is 102 cm³/mol. The summed E-state index contributed by atoms with van der Waals surface area (Å²) in [5.41, 5.74) is 1.64. The normalized spacial score (nSPS) is 13.4. The SMILES string of the molecule is Cl.Cl.O=C(OCc1ccccc1)c1ccc(N2CCNCC2)cc1F. The van der Waals surface area contributed by atoms with E-state index in [2.05, 4.69) is 10.2 Å². The third kappa shape index (κ3) is 5.59. The van der Waals surface area contributed by atoms with Crippen LogP contribution in [0.5, 0.6) is 0 Å². The van der Waals surface area contributed by atoms with Gasteiger partial charge in [0.15, 0.2) is 0 Å². The summed E-state index contributed by atoms with van der Waals surface area (Å²) < 4.78 is 19.4. The molecule has 2 aromatic rings. The molecule has 7 heteroatoms. The molecule has 2 aromatic carbocycles. The predicted octanol–water partition coefficient (Wildman–Crippen LogP) is 3.44. The largest absolute Gasteiger partial charge is 0.457 e. The number of carbonyl (C=O) groups is 1. The Morgan fingerprint density at radius 1 is 1.08 bits per heavy atom. The fourth-order valence-corrected chi connectivity index (χ4v) is 2.59. The Labute approximate surface area is 159 Å². The van der Waals surface area contributed by atoms with Crippen LogP contribution in [-0.4, -0.2) is 32.1 Å². The minimum atomic E-state index is -0.641. The van der Waals surface area contributed by atoms with Crippen molar-refractivity contribution in [2.45, 2.75) is 6.61 Å². The number of esters is 1. The van der Waals surface area contributed by atoms with E-state index in [4.69, 9.17) is 4.74 Å². The molecular formula is C18H21Cl2FN2O2. The van der Waals surface area contributed by atoms with Gasteiger partial charge in [0.1, 0.15) is 12.4 Å². The average molecular weight is 387 g/mol. The molecule has 0 aromatic heterocycles. The minimum Gasteiger partial charge on any atom is -0.457 e. The third-order valence-corrected chi connectivity index (χ3v) is 3.87. The van der Waals surface area contributed by atoms with E-state index in [0.29, 0.717) is 0 Å². The number of halogens is 3. The summed E-state index contributed by atoms with van der Waals surface area (Å²) in [4.78, 5) is 14.1. The van der Waals surface area contributed by atoms with Crippen molar-refractivity contribution >= 4 is 36.5 Å². The standard InChI is InChI=1S/C18H19FN2O2.2ClH/c19-17-12-15(21-10-8-20-9-11-21)6-7-16(17)18(22)23-13-14-4-2-1-3-5-14;;/h1-7,12,20H,8-11,13H2;2*1H. The summed E-state index contributed by atoms with van der Waals surface area (Å²) in [6, 6.07) is 14.0. The molecule has 0 amide bonds. The molecule has 136 valence electrons. The van der Waals surface area contributed by atoms with Gasteiger partial charge in [0.25, 0.3) is 0 Å². The van der Waals surface area contributed by atoms with Crippen LogP contribution in [0.2, 0.25) is 0 Å². The van der Waals surface area contributed by atoms with Crippen LogP contribution in [0.15, 0.2) is 48.5 Å². The van der Waals surface area contributed by atoms with E-state index < -0.39 is 11.8 Å². The first-order chi connectivity index (χ1) is 11.2. The topological polar surface area (TPSA) is 41.6 Å². The molecule has 0 radical (unpaired) electrons. The summed E-state index contributed by atoms with van der Waals surface area (Å²) in [6.07, 6.45) is 0. The van der Waals surface area contributed by atoms with Crippen LogP contribution in [0.4, 0.5) is 10.1 Å². The molecule has 0 bridgehead atoms. The van der Waals surface area contributed by atoms with Gasteiger partial charge in [-0.15, -0.1) is 24.8 Å². The van der Waals surface area contributed by atoms with Crippen LogP contribution in [0.3, 0.4) is 0 Å². The first kappa shape index (κ1) is 21.2. The number of ether oxygens (including phenoxy) is 1. The quantitative estimate of drug-likeness (QED) is 0.817. The zero-order chi connectivity index (χ0) is 16.1. The van der Waals surface area contributed by atoms with Gasteiger partial charge in [-0.1, -0.05) is 30.3 Å². The average Bonchev–Trinajstić information content (AvgIpc) is 2.61. The van der Waals surface area contributed by atoms with Crippen LogP contribution < -0.4 is 10.2 Å². The van der Waals surface area contributed by atoms with Crippen molar-refractivity contribution in [3.63, 3.8) is 0 Å². The van der Waals surface area contributed by atoms with E-state index in [1.807, 2.05) is 30.3 Å². The summed E-state index contributed by atoms with van der Waals surface area (Å²) in [7, 11) is 0. The van der Waals surface area contributed by atoms with Crippen molar-refractivity contribution < 1.29 is 13.9 Å². The second kappa shape index (κ2) is 10.2. The molecule has 0 unspecified atom stereocenters. The molecule has 4 nitrogen and oxygen atoms in total. The Bertz CT molecular complexity index is 680. The molecule has 1 aliphatic rings. The molecule has 1 aliphatic heterocycles. The molecule has 0 spiro atoms. The van der Waals surface area contributed by atoms with E-state index >= 15 is 0 Å². The lowest BCUT2D eigenvalue weighted by Crippen LogP contribution is -2.43. The number of hydrogen-bond acceptors (Lipinski definition) is 4. The van der Waals surface area contributed by atoms with E-state index in [-0.39, 0.29) is 37.0 Å². The van der Waals surface area contributed by atoms with Crippen LogP contribution in [0, 0.1) is 5.82 Å².